The quantitative estimate of drug-likeness (QED) is 0.564. The molecule has 1 aliphatic rings. The summed E-state index contributed by atoms with van der Waals surface area (Å²) in [5.41, 5.74) is 8.03. The van der Waals surface area contributed by atoms with Crippen molar-refractivity contribution in [1.29, 1.82) is 0 Å². The van der Waals surface area contributed by atoms with Gasteiger partial charge in [-0.1, -0.05) is 20.8 Å². The zero-order valence-corrected chi connectivity index (χ0v) is 18.9. The van der Waals surface area contributed by atoms with E-state index in [0.29, 0.717) is 41.2 Å². The van der Waals surface area contributed by atoms with Gasteiger partial charge in [0.15, 0.2) is 5.65 Å². The molecular weight excluding hydrogens is 408 g/mol. The van der Waals surface area contributed by atoms with Crippen molar-refractivity contribution in [2.24, 2.45) is 18.2 Å². The van der Waals surface area contributed by atoms with Crippen LogP contribution in [0.25, 0.3) is 22.6 Å². The first kappa shape index (κ1) is 21.9. The van der Waals surface area contributed by atoms with E-state index in [9.17, 15) is 9.59 Å². The fraction of sp³-hybridized carbons (Fsp3) is 0.500. The van der Waals surface area contributed by atoms with Gasteiger partial charge in [-0.15, -0.1) is 0 Å². The van der Waals surface area contributed by atoms with E-state index in [1.807, 2.05) is 38.6 Å². The van der Waals surface area contributed by atoms with Crippen molar-refractivity contribution >= 4 is 23.0 Å². The molecule has 1 aliphatic heterocycles. The van der Waals surface area contributed by atoms with Gasteiger partial charge in [-0.3, -0.25) is 9.59 Å². The maximum Gasteiger partial charge on any atom is 0.255 e. The van der Waals surface area contributed by atoms with Crippen molar-refractivity contribution < 1.29 is 9.59 Å². The van der Waals surface area contributed by atoms with E-state index in [4.69, 9.17) is 5.73 Å². The molecule has 10 heteroatoms. The molecule has 0 saturated carbocycles. The number of imidazole rings is 1. The van der Waals surface area contributed by atoms with Crippen molar-refractivity contribution in [3.8, 4) is 11.4 Å². The van der Waals surface area contributed by atoms with E-state index >= 15 is 0 Å². The minimum absolute atomic E-state index is 0.0853. The number of hydrogen-bond acceptors (Lipinski definition) is 6. The third-order valence-corrected chi connectivity index (χ3v) is 5.83. The molecule has 1 saturated heterocycles. The SMILES string of the molecule is Cn1cnc(-c2cnc3[nH]cc(C(=O)N[C@@H](C(=O)N4CCC(N)CC4)C(C)(C)C)c3n2)c1. The van der Waals surface area contributed by atoms with Crippen LogP contribution in [0, 0.1) is 5.41 Å². The monoisotopic (exact) mass is 438 g/mol. The first-order chi connectivity index (χ1) is 15.1. The van der Waals surface area contributed by atoms with Crippen molar-refractivity contribution in [1.82, 2.24) is 34.7 Å². The standard InChI is InChI=1S/C22H30N8O2/c1-22(2,3)18(21(32)30-7-5-13(23)6-8-30)28-20(31)14-9-24-19-17(14)27-15(10-25-19)16-11-29(4)12-26-16/h9-13,18H,5-8,23H2,1-4H3,(H,24,25)(H,28,31)/t18-/m0/s1. The van der Waals surface area contributed by atoms with Gasteiger partial charge in [0, 0.05) is 38.6 Å². The average molecular weight is 439 g/mol. The second kappa shape index (κ2) is 8.34. The Morgan fingerprint density at radius 1 is 1.22 bits per heavy atom. The highest BCUT2D eigenvalue weighted by Gasteiger charge is 2.37. The Kier molecular flexibility index (Phi) is 5.72. The molecule has 0 aromatic carbocycles. The summed E-state index contributed by atoms with van der Waals surface area (Å²) in [6.07, 6.45) is 8.24. The maximum atomic E-state index is 13.3. The van der Waals surface area contributed by atoms with Crippen LogP contribution >= 0.6 is 0 Å². The molecule has 2 amide bonds. The third kappa shape index (κ3) is 4.36. The Morgan fingerprint density at radius 3 is 2.56 bits per heavy atom. The summed E-state index contributed by atoms with van der Waals surface area (Å²) in [6, 6.07) is -0.555. The van der Waals surface area contributed by atoms with Crippen LogP contribution < -0.4 is 11.1 Å². The van der Waals surface area contributed by atoms with Gasteiger partial charge in [0.25, 0.3) is 5.91 Å². The summed E-state index contributed by atoms with van der Waals surface area (Å²) in [5, 5.41) is 2.95. The first-order valence-corrected chi connectivity index (χ1v) is 10.8. The van der Waals surface area contributed by atoms with Gasteiger partial charge in [0.05, 0.1) is 18.1 Å². The second-order valence-electron chi connectivity index (χ2n) is 9.51. The highest BCUT2D eigenvalue weighted by Crippen LogP contribution is 2.25. The predicted molar refractivity (Wildman–Crippen MR) is 121 cm³/mol. The zero-order chi connectivity index (χ0) is 23.0. The zero-order valence-electron chi connectivity index (χ0n) is 18.9. The van der Waals surface area contributed by atoms with Crippen molar-refractivity contribution in [3.63, 3.8) is 0 Å². The predicted octanol–water partition coefficient (Wildman–Crippen LogP) is 1.45. The number of aromatic amines is 1. The van der Waals surface area contributed by atoms with Crippen LogP contribution in [-0.2, 0) is 11.8 Å². The van der Waals surface area contributed by atoms with Crippen LogP contribution in [0.5, 0.6) is 0 Å². The lowest BCUT2D eigenvalue weighted by atomic mass is 9.85. The summed E-state index contributed by atoms with van der Waals surface area (Å²) >= 11 is 0. The number of nitrogens with zero attached hydrogens (tertiary/aromatic N) is 5. The van der Waals surface area contributed by atoms with Crippen LogP contribution in [0.3, 0.4) is 0 Å². The number of amides is 2. The molecule has 0 unspecified atom stereocenters. The molecule has 32 heavy (non-hydrogen) atoms. The lowest BCUT2D eigenvalue weighted by Crippen LogP contribution is -2.56. The fourth-order valence-electron chi connectivity index (χ4n) is 3.89. The van der Waals surface area contributed by atoms with Gasteiger partial charge < -0.3 is 25.5 Å². The van der Waals surface area contributed by atoms with Crippen LogP contribution in [-0.4, -0.2) is 66.4 Å². The number of piperidine rings is 1. The fourth-order valence-corrected chi connectivity index (χ4v) is 3.89. The molecule has 1 fully saturated rings. The summed E-state index contributed by atoms with van der Waals surface area (Å²) in [4.78, 5) is 44.6. The van der Waals surface area contributed by atoms with Gasteiger partial charge in [0.1, 0.15) is 22.9 Å². The van der Waals surface area contributed by atoms with E-state index in [1.54, 1.807) is 23.6 Å². The Balaban J connectivity index is 1.60. The highest BCUT2D eigenvalue weighted by atomic mass is 16.2. The lowest BCUT2D eigenvalue weighted by molar-refractivity contribution is -0.136. The van der Waals surface area contributed by atoms with Crippen molar-refractivity contribution in [2.75, 3.05) is 13.1 Å². The summed E-state index contributed by atoms with van der Waals surface area (Å²) in [6.45, 7) is 7.04. The molecule has 0 bridgehead atoms. The number of fused-ring (bicyclic) bond motifs is 1. The van der Waals surface area contributed by atoms with Gasteiger partial charge >= 0.3 is 0 Å². The third-order valence-electron chi connectivity index (χ3n) is 5.83. The van der Waals surface area contributed by atoms with Crippen molar-refractivity contribution in [2.45, 2.75) is 45.7 Å². The number of carbonyl (C=O) groups is 2. The summed E-state index contributed by atoms with van der Waals surface area (Å²) in [7, 11) is 1.87. The normalized spacial score (nSPS) is 16.3. The molecular formula is C22H30N8O2. The number of H-pyrrole nitrogens is 1. The molecule has 4 N–H and O–H groups in total. The van der Waals surface area contributed by atoms with Crippen LogP contribution in [0.4, 0.5) is 0 Å². The smallest absolute Gasteiger partial charge is 0.255 e. The largest absolute Gasteiger partial charge is 0.344 e. The summed E-state index contributed by atoms with van der Waals surface area (Å²) in [5.74, 6) is -0.455. The number of aromatic nitrogens is 5. The van der Waals surface area contributed by atoms with Gasteiger partial charge in [0.2, 0.25) is 5.91 Å². The Bertz CT molecular complexity index is 1130. The second-order valence-corrected chi connectivity index (χ2v) is 9.51. The summed E-state index contributed by atoms with van der Waals surface area (Å²) < 4.78 is 1.82. The topological polar surface area (TPSA) is 135 Å². The van der Waals surface area contributed by atoms with E-state index in [1.165, 1.54) is 0 Å². The minimum Gasteiger partial charge on any atom is -0.344 e. The number of rotatable bonds is 4. The minimum atomic E-state index is -0.679. The molecule has 0 aliphatic carbocycles. The number of carbonyl (C=O) groups excluding carboxylic acids is 2. The molecule has 4 heterocycles. The van der Waals surface area contributed by atoms with Gasteiger partial charge in [-0.2, -0.15) is 0 Å². The molecule has 1 atom stereocenters. The number of aryl methyl sites for hydroxylation is 1. The van der Waals surface area contributed by atoms with E-state index in [0.717, 1.165) is 12.8 Å². The van der Waals surface area contributed by atoms with Crippen molar-refractivity contribution in [3.05, 3.63) is 30.5 Å². The average Bonchev–Trinajstić information content (AvgIpc) is 3.36. The van der Waals surface area contributed by atoms with Crippen LogP contribution in [0.1, 0.15) is 44.0 Å². The lowest BCUT2D eigenvalue weighted by Gasteiger charge is -2.37. The first-order valence-electron chi connectivity index (χ1n) is 10.8. The number of nitrogens with one attached hydrogen (secondary N) is 2. The molecule has 3 aromatic rings. The van der Waals surface area contributed by atoms with E-state index in [2.05, 4.69) is 25.3 Å². The molecule has 170 valence electrons. The number of nitrogens with two attached hydrogens (primary N) is 1. The Morgan fingerprint density at radius 2 is 1.94 bits per heavy atom. The molecule has 0 spiro atoms. The van der Waals surface area contributed by atoms with Crippen LogP contribution in [0.2, 0.25) is 0 Å². The van der Waals surface area contributed by atoms with Crippen LogP contribution in [0.15, 0.2) is 24.9 Å². The van der Waals surface area contributed by atoms with E-state index < -0.39 is 11.5 Å². The molecule has 0 radical (unpaired) electrons. The maximum absolute atomic E-state index is 13.3. The molecule has 3 aromatic heterocycles. The van der Waals surface area contributed by atoms with Gasteiger partial charge in [-0.05, 0) is 18.3 Å². The molecule has 4 rings (SSSR count). The number of hydrogen-bond donors (Lipinski definition) is 3. The Labute approximate surface area is 186 Å². The number of likely N-dealkylation sites (tertiary alicyclic amines) is 1. The molecule has 10 nitrogen and oxygen atoms in total. The Hall–Kier alpha value is -3.27. The highest BCUT2D eigenvalue weighted by molar-refractivity contribution is 6.06. The van der Waals surface area contributed by atoms with E-state index in [-0.39, 0.29) is 17.9 Å². The van der Waals surface area contributed by atoms with Gasteiger partial charge in [-0.25, -0.2) is 15.0 Å².